The van der Waals surface area contributed by atoms with Crippen LogP contribution in [0.1, 0.15) is 11.3 Å². The molecule has 17 heavy (non-hydrogen) atoms. The molecule has 1 aromatic carbocycles. The van der Waals surface area contributed by atoms with E-state index < -0.39 is 0 Å². The van der Waals surface area contributed by atoms with E-state index in [1.807, 2.05) is 38.1 Å². The zero-order valence-electron chi connectivity index (χ0n) is 9.52. The van der Waals surface area contributed by atoms with Crippen molar-refractivity contribution >= 4 is 39.6 Å². The molecular weight excluding hydrogens is 252 g/mol. The first-order chi connectivity index (χ1) is 8.15. The van der Waals surface area contributed by atoms with Gasteiger partial charge in [-0.2, -0.15) is 0 Å². The number of thiocarbonyl (C=S) groups is 1. The van der Waals surface area contributed by atoms with E-state index >= 15 is 0 Å². The van der Waals surface area contributed by atoms with Crippen LogP contribution in [0.3, 0.4) is 0 Å². The van der Waals surface area contributed by atoms with Crippen molar-refractivity contribution in [3.05, 3.63) is 35.5 Å². The lowest BCUT2D eigenvalue weighted by Crippen LogP contribution is -2.18. The lowest BCUT2D eigenvalue weighted by Gasteiger charge is -2.09. The molecule has 0 fully saturated rings. The van der Waals surface area contributed by atoms with Crippen LogP contribution in [0.2, 0.25) is 0 Å². The normalized spacial score (nSPS) is 10.0. The van der Waals surface area contributed by atoms with Gasteiger partial charge in [-0.1, -0.05) is 22.2 Å². The third-order valence-corrected chi connectivity index (χ3v) is 3.14. The van der Waals surface area contributed by atoms with Crippen LogP contribution in [0, 0.1) is 13.8 Å². The van der Waals surface area contributed by atoms with Crippen molar-refractivity contribution in [3.63, 3.8) is 0 Å². The summed E-state index contributed by atoms with van der Waals surface area (Å²) >= 11 is 6.50. The molecule has 1 aromatic heterocycles. The molecule has 1 heterocycles. The van der Waals surface area contributed by atoms with E-state index in [0.717, 1.165) is 16.4 Å². The topological polar surface area (TPSA) is 49.8 Å². The maximum absolute atomic E-state index is 5.21. The van der Waals surface area contributed by atoms with E-state index in [1.54, 1.807) is 0 Å². The summed E-state index contributed by atoms with van der Waals surface area (Å²) in [6.07, 6.45) is 0. The van der Waals surface area contributed by atoms with Crippen LogP contribution in [-0.4, -0.2) is 14.7 Å². The molecule has 2 rings (SSSR count). The Kier molecular flexibility index (Phi) is 3.65. The van der Waals surface area contributed by atoms with Gasteiger partial charge in [0.2, 0.25) is 0 Å². The molecule has 2 aromatic rings. The molecule has 0 spiro atoms. The number of rotatable bonds is 2. The first kappa shape index (κ1) is 11.9. The van der Waals surface area contributed by atoms with E-state index in [4.69, 9.17) is 12.2 Å². The average Bonchev–Trinajstić information content (AvgIpc) is 2.68. The van der Waals surface area contributed by atoms with Crippen LogP contribution < -0.4 is 10.6 Å². The summed E-state index contributed by atoms with van der Waals surface area (Å²) in [5.41, 5.74) is 3.03. The second-order valence-electron chi connectivity index (χ2n) is 3.63. The minimum absolute atomic E-state index is 0.544. The monoisotopic (exact) mass is 264 g/mol. The number of benzene rings is 1. The first-order valence-corrected chi connectivity index (χ1v) is 6.27. The van der Waals surface area contributed by atoms with Crippen molar-refractivity contribution in [1.82, 2.24) is 9.59 Å². The van der Waals surface area contributed by atoms with E-state index in [0.29, 0.717) is 5.11 Å². The van der Waals surface area contributed by atoms with Crippen LogP contribution in [0.25, 0.3) is 0 Å². The summed E-state index contributed by atoms with van der Waals surface area (Å²) in [5.74, 6) is 0. The molecule has 0 radical (unpaired) electrons. The Hall–Kier alpha value is -1.53. The van der Waals surface area contributed by atoms with Crippen molar-refractivity contribution in [1.29, 1.82) is 0 Å². The van der Waals surface area contributed by atoms with E-state index in [1.165, 1.54) is 17.1 Å². The standard InChI is InChI=1S/C11H12N4S2/c1-7-3-5-9(6-4-7)12-11(16)13-10-8(2)14-15-17-10/h3-6H,1-2H3,(H2,12,13,16). The van der Waals surface area contributed by atoms with Crippen LogP contribution in [0.15, 0.2) is 24.3 Å². The number of anilines is 2. The highest BCUT2D eigenvalue weighted by atomic mass is 32.1. The molecule has 0 amide bonds. The Morgan fingerprint density at radius 1 is 1.18 bits per heavy atom. The minimum atomic E-state index is 0.544. The quantitative estimate of drug-likeness (QED) is 0.817. The highest BCUT2D eigenvalue weighted by Gasteiger charge is 2.04. The summed E-state index contributed by atoms with van der Waals surface area (Å²) < 4.78 is 3.84. The van der Waals surface area contributed by atoms with Gasteiger partial charge in [-0.05, 0) is 38.2 Å². The van der Waals surface area contributed by atoms with Crippen molar-refractivity contribution in [3.8, 4) is 0 Å². The van der Waals surface area contributed by atoms with Crippen molar-refractivity contribution in [2.75, 3.05) is 10.6 Å². The zero-order valence-corrected chi connectivity index (χ0v) is 11.2. The predicted molar refractivity (Wildman–Crippen MR) is 75.7 cm³/mol. The van der Waals surface area contributed by atoms with Crippen LogP contribution in [-0.2, 0) is 0 Å². The fourth-order valence-corrected chi connectivity index (χ4v) is 2.10. The molecule has 0 aliphatic carbocycles. The summed E-state index contributed by atoms with van der Waals surface area (Å²) in [6.45, 7) is 3.94. The van der Waals surface area contributed by atoms with Gasteiger partial charge in [-0.15, -0.1) is 5.10 Å². The Bertz CT molecular complexity index is 519. The second-order valence-corrected chi connectivity index (χ2v) is 4.79. The third kappa shape index (κ3) is 3.21. The van der Waals surface area contributed by atoms with Gasteiger partial charge in [0.15, 0.2) is 5.11 Å². The number of aromatic nitrogens is 2. The number of nitrogens with one attached hydrogen (secondary N) is 2. The highest BCUT2D eigenvalue weighted by Crippen LogP contribution is 2.16. The molecule has 6 heteroatoms. The second kappa shape index (κ2) is 5.20. The number of hydrogen-bond donors (Lipinski definition) is 2. The summed E-state index contributed by atoms with van der Waals surface area (Å²) in [6, 6.07) is 8.04. The van der Waals surface area contributed by atoms with E-state index in [-0.39, 0.29) is 0 Å². The van der Waals surface area contributed by atoms with Crippen LogP contribution in [0.4, 0.5) is 10.7 Å². The first-order valence-electron chi connectivity index (χ1n) is 5.09. The molecule has 0 saturated heterocycles. The van der Waals surface area contributed by atoms with Gasteiger partial charge in [0, 0.05) is 17.2 Å². The SMILES string of the molecule is Cc1ccc(NC(=S)Nc2snnc2C)cc1. The Balaban J connectivity index is 1.98. The van der Waals surface area contributed by atoms with Gasteiger partial charge >= 0.3 is 0 Å². The molecule has 0 atom stereocenters. The van der Waals surface area contributed by atoms with Gasteiger partial charge in [0.05, 0.1) is 5.69 Å². The Labute approximate surface area is 109 Å². The molecule has 88 valence electrons. The molecular formula is C11H12N4S2. The number of nitrogens with zero attached hydrogens (tertiary/aromatic N) is 2. The minimum Gasteiger partial charge on any atom is -0.332 e. The number of aryl methyl sites for hydroxylation is 2. The maximum atomic E-state index is 5.21. The molecule has 0 saturated carbocycles. The smallest absolute Gasteiger partial charge is 0.175 e. The van der Waals surface area contributed by atoms with E-state index in [9.17, 15) is 0 Å². The highest BCUT2D eigenvalue weighted by molar-refractivity contribution is 7.80. The summed E-state index contributed by atoms with van der Waals surface area (Å²) in [4.78, 5) is 0. The van der Waals surface area contributed by atoms with Gasteiger partial charge in [-0.25, -0.2) is 0 Å². The average molecular weight is 264 g/mol. The lowest BCUT2D eigenvalue weighted by molar-refractivity contribution is 1.09. The predicted octanol–water partition coefficient (Wildman–Crippen LogP) is 2.96. The largest absolute Gasteiger partial charge is 0.332 e. The lowest BCUT2D eigenvalue weighted by atomic mass is 10.2. The Morgan fingerprint density at radius 3 is 2.47 bits per heavy atom. The fourth-order valence-electron chi connectivity index (χ4n) is 1.25. The maximum Gasteiger partial charge on any atom is 0.175 e. The van der Waals surface area contributed by atoms with E-state index in [2.05, 4.69) is 20.2 Å². The van der Waals surface area contributed by atoms with Crippen LogP contribution in [0.5, 0.6) is 0 Å². The molecule has 2 N–H and O–H groups in total. The summed E-state index contributed by atoms with van der Waals surface area (Å²) in [5, 5.41) is 11.5. The third-order valence-electron chi connectivity index (χ3n) is 2.19. The molecule has 0 aliphatic heterocycles. The molecule has 0 bridgehead atoms. The van der Waals surface area contributed by atoms with Crippen LogP contribution >= 0.6 is 23.8 Å². The summed E-state index contributed by atoms with van der Waals surface area (Å²) in [7, 11) is 0. The Morgan fingerprint density at radius 2 is 1.88 bits per heavy atom. The van der Waals surface area contributed by atoms with Gasteiger partial charge in [0.25, 0.3) is 0 Å². The van der Waals surface area contributed by atoms with Crippen molar-refractivity contribution in [2.45, 2.75) is 13.8 Å². The van der Waals surface area contributed by atoms with Crippen molar-refractivity contribution < 1.29 is 0 Å². The van der Waals surface area contributed by atoms with Gasteiger partial charge in [0.1, 0.15) is 5.00 Å². The molecule has 4 nitrogen and oxygen atoms in total. The molecule has 0 aliphatic rings. The van der Waals surface area contributed by atoms with Crippen molar-refractivity contribution in [2.24, 2.45) is 0 Å². The van der Waals surface area contributed by atoms with Gasteiger partial charge in [-0.3, -0.25) is 0 Å². The molecule has 0 unspecified atom stereocenters. The number of hydrogen-bond acceptors (Lipinski definition) is 4. The zero-order chi connectivity index (χ0) is 12.3. The van der Waals surface area contributed by atoms with Gasteiger partial charge < -0.3 is 10.6 Å². The fraction of sp³-hybridized carbons (Fsp3) is 0.182.